The maximum absolute atomic E-state index is 9.96. The lowest BCUT2D eigenvalue weighted by molar-refractivity contribution is -0.236. The summed E-state index contributed by atoms with van der Waals surface area (Å²) in [5.74, 6) is -1.05. The third kappa shape index (κ3) is 4.79. The molecule has 9 N–H and O–H groups in total. The van der Waals surface area contributed by atoms with E-state index in [4.69, 9.17) is 14.9 Å². The van der Waals surface area contributed by atoms with Crippen LogP contribution in [0.1, 0.15) is 6.42 Å². The summed E-state index contributed by atoms with van der Waals surface area (Å²) in [4.78, 5) is 0. The Labute approximate surface area is 132 Å². The fourth-order valence-electron chi connectivity index (χ4n) is 2.61. The first kappa shape index (κ1) is 20.6. The highest BCUT2D eigenvalue weighted by molar-refractivity contribution is 4.94. The fourth-order valence-corrected chi connectivity index (χ4v) is 2.61. The summed E-state index contributed by atoms with van der Waals surface area (Å²) in [7, 11) is 0. The zero-order valence-corrected chi connectivity index (χ0v) is 12.5. The van der Waals surface area contributed by atoms with E-state index in [1.807, 2.05) is 0 Å². The lowest BCUT2D eigenvalue weighted by atomic mass is 9.85. The lowest BCUT2D eigenvalue weighted by Crippen LogP contribution is -2.59. The van der Waals surface area contributed by atoms with E-state index in [0.29, 0.717) is 0 Å². The molecule has 10 nitrogen and oxygen atoms in total. The Morgan fingerprint density at radius 2 is 1.30 bits per heavy atom. The average Bonchev–Trinajstić information content (AvgIpc) is 2.57. The fraction of sp³-hybridized carbons (Fsp3) is 1.00. The Balaban J connectivity index is 2.77. The minimum Gasteiger partial charge on any atom is -0.396 e. The molecule has 0 saturated carbocycles. The van der Waals surface area contributed by atoms with Crippen molar-refractivity contribution in [3.05, 3.63) is 0 Å². The molecule has 23 heavy (non-hydrogen) atoms. The van der Waals surface area contributed by atoms with Crippen molar-refractivity contribution in [2.45, 2.75) is 55.3 Å². The van der Waals surface area contributed by atoms with Gasteiger partial charge in [0.2, 0.25) is 0 Å². The minimum atomic E-state index is -1.73. The molecule has 1 aliphatic heterocycles. The zero-order chi connectivity index (χ0) is 17.7. The summed E-state index contributed by atoms with van der Waals surface area (Å²) < 4.78 is 5.25. The van der Waals surface area contributed by atoms with Gasteiger partial charge in [0.25, 0.3) is 0 Å². The van der Waals surface area contributed by atoms with Gasteiger partial charge in [-0.1, -0.05) is 0 Å². The van der Waals surface area contributed by atoms with Crippen LogP contribution in [0.25, 0.3) is 0 Å². The average molecular weight is 342 g/mol. The number of ether oxygens (including phenoxy) is 1. The Morgan fingerprint density at radius 1 is 0.739 bits per heavy atom. The third-order valence-corrected chi connectivity index (χ3v) is 4.17. The molecule has 0 aromatic rings. The molecular weight excluding hydrogens is 316 g/mol. The van der Waals surface area contributed by atoms with E-state index in [2.05, 4.69) is 0 Å². The topological polar surface area (TPSA) is 191 Å². The third-order valence-electron chi connectivity index (χ3n) is 4.17. The number of aliphatic hydroxyl groups is 9. The highest BCUT2D eigenvalue weighted by Gasteiger charge is 2.45. The standard InChI is InChI=1S/C13H26O10/c14-2-5(9(18)10(19)6(17)3-15)1-7-11(20)13(22)12(21)8(4-16)23-7/h5-22H,1-4H2/t5?,6?,7-,8+,9?,10?,11?,12?,13?/m0/s1. The van der Waals surface area contributed by atoms with Gasteiger partial charge in [-0.25, -0.2) is 0 Å². The molecule has 0 aliphatic carbocycles. The van der Waals surface area contributed by atoms with Gasteiger partial charge in [0, 0.05) is 12.5 Å². The van der Waals surface area contributed by atoms with E-state index < -0.39 is 74.6 Å². The first-order valence-corrected chi connectivity index (χ1v) is 7.34. The number of hydrogen-bond acceptors (Lipinski definition) is 10. The van der Waals surface area contributed by atoms with Crippen molar-refractivity contribution < 1.29 is 50.7 Å². The Hall–Kier alpha value is -0.400. The van der Waals surface area contributed by atoms with Crippen molar-refractivity contribution >= 4 is 0 Å². The number of hydrogen-bond donors (Lipinski definition) is 9. The molecule has 1 rings (SSSR count). The summed E-state index contributed by atoms with van der Waals surface area (Å²) in [5, 5.41) is 85.4. The normalized spacial score (nSPS) is 37.2. The van der Waals surface area contributed by atoms with Gasteiger partial charge in [-0.05, 0) is 6.42 Å². The van der Waals surface area contributed by atoms with Gasteiger partial charge in [0.05, 0.1) is 25.4 Å². The van der Waals surface area contributed by atoms with Gasteiger partial charge in [-0.2, -0.15) is 0 Å². The first-order chi connectivity index (χ1) is 10.8. The van der Waals surface area contributed by atoms with Crippen molar-refractivity contribution in [1.82, 2.24) is 0 Å². The van der Waals surface area contributed by atoms with E-state index in [-0.39, 0.29) is 6.42 Å². The van der Waals surface area contributed by atoms with Crippen LogP contribution in [0.5, 0.6) is 0 Å². The molecule has 0 aromatic heterocycles. The first-order valence-electron chi connectivity index (χ1n) is 7.34. The van der Waals surface area contributed by atoms with Crippen LogP contribution in [0.15, 0.2) is 0 Å². The van der Waals surface area contributed by atoms with E-state index in [1.165, 1.54) is 0 Å². The highest BCUT2D eigenvalue weighted by atomic mass is 16.5. The van der Waals surface area contributed by atoms with Crippen molar-refractivity contribution in [2.24, 2.45) is 5.92 Å². The van der Waals surface area contributed by atoms with E-state index >= 15 is 0 Å². The molecule has 138 valence electrons. The van der Waals surface area contributed by atoms with Crippen molar-refractivity contribution in [2.75, 3.05) is 19.8 Å². The Morgan fingerprint density at radius 3 is 1.78 bits per heavy atom. The summed E-state index contributed by atoms with van der Waals surface area (Å²) in [6, 6.07) is 0. The van der Waals surface area contributed by atoms with Gasteiger partial charge < -0.3 is 50.7 Å². The van der Waals surface area contributed by atoms with Gasteiger partial charge in [-0.3, -0.25) is 0 Å². The molecule has 7 unspecified atom stereocenters. The smallest absolute Gasteiger partial charge is 0.111 e. The van der Waals surface area contributed by atoms with Crippen LogP contribution in [0.2, 0.25) is 0 Å². The lowest BCUT2D eigenvalue weighted by Gasteiger charge is -2.41. The van der Waals surface area contributed by atoms with Crippen molar-refractivity contribution in [3.63, 3.8) is 0 Å². The van der Waals surface area contributed by atoms with E-state index in [0.717, 1.165) is 0 Å². The van der Waals surface area contributed by atoms with Crippen LogP contribution in [-0.2, 0) is 4.74 Å². The molecule has 0 bridgehead atoms. The van der Waals surface area contributed by atoms with Crippen molar-refractivity contribution in [1.29, 1.82) is 0 Å². The van der Waals surface area contributed by atoms with E-state index in [1.54, 1.807) is 0 Å². The SMILES string of the molecule is OCC(O)C(O)C(O)C(CO)C[C@@H]1O[C@H](CO)C(O)C(O)C1O. The van der Waals surface area contributed by atoms with Gasteiger partial charge in [0.1, 0.15) is 36.6 Å². The zero-order valence-electron chi connectivity index (χ0n) is 12.5. The van der Waals surface area contributed by atoms with Crippen molar-refractivity contribution in [3.8, 4) is 0 Å². The quantitative estimate of drug-likeness (QED) is 0.206. The monoisotopic (exact) mass is 342 g/mol. The minimum absolute atomic E-state index is 0.228. The Bertz CT molecular complexity index is 341. The molecule has 1 aliphatic rings. The van der Waals surface area contributed by atoms with Crippen LogP contribution in [0, 0.1) is 5.92 Å². The second-order valence-electron chi connectivity index (χ2n) is 5.78. The summed E-state index contributed by atoms with van der Waals surface area (Å²) in [6.07, 6.45) is -12.1. The van der Waals surface area contributed by atoms with Gasteiger partial charge in [0.15, 0.2) is 0 Å². The molecule has 0 aromatic carbocycles. The van der Waals surface area contributed by atoms with Crippen LogP contribution >= 0.6 is 0 Å². The number of aliphatic hydroxyl groups excluding tert-OH is 9. The predicted molar refractivity (Wildman–Crippen MR) is 74.1 cm³/mol. The second-order valence-corrected chi connectivity index (χ2v) is 5.78. The molecule has 0 spiro atoms. The van der Waals surface area contributed by atoms with Crippen LogP contribution in [0.4, 0.5) is 0 Å². The molecule has 1 fully saturated rings. The molecule has 9 atom stereocenters. The number of rotatable bonds is 8. The second kappa shape index (κ2) is 9.18. The highest BCUT2D eigenvalue weighted by Crippen LogP contribution is 2.27. The Kier molecular flexibility index (Phi) is 8.24. The molecule has 0 amide bonds. The summed E-state index contributed by atoms with van der Waals surface area (Å²) in [5.41, 5.74) is 0. The maximum atomic E-state index is 9.96. The molecule has 0 radical (unpaired) electrons. The molecular formula is C13H26O10. The maximum Gasteiger partial charge on any atom is 0.111 e. The van der Waals surface area contributed by atoms with Gasteiger partial charge in [-0.15, -0.1) is 0 Å². The van der Waals surface area contributed by atoms with Crippen LogP contribution < -0.4 is 0 Å². The summed E-state index contributed by atoms with van der Waals surface area (Å²) >= 11 is 0. The van der Waals surface area contributed by atoms with E-state index in [9.17, 15) is 35.7 Å². The largest absolute Gasteiger partial charge is 0.396 e. The molecule has 1 heterocycles. The molecule has 10 heteroatoms. The molecule has 1 saturated heterocycles. The van der Waals surface area contributed by atoms with Crippen LogP contribution in [-0.4, -0.2) is 115 Å². The van der Waals surface area contributed by atoms with Gasteiger partial charge >= 0.3 is 0 Å². The summed E-state index contributed by atoms with van der Waals surface area (Å²) in [6.45, 7) is -2.04. The van der Waals surface area contributed by atoms with Crippen LogP contribution in [0.3, 0.4) is 0 Å². The predicted octanol–water partition coefficient (Wildman–Crippen LogP) is -5.10.